The summed E-state index contributed by atoms with van der Waals surface area (Å²) in [6.07, 6.45) is 0.823. The topological polar surface area (TPSA) is 86.8 Å². The van der Waals surface area contributed by atoms with Crippen LogP contribution in [0.5, 0.6) is 0 Å². The van der Waals surface area contributed by atoms with Gasteiger partial charge in [-0.15, -0.1) is 0 Å². The molecule has 0 aliphatic carbocycles. The number of benzene rings is 4. The Labute approximate surface area is 280 Å². The van der Waals surface area contributed by atoms with Crippen LogP contribution in [0.15, 0.2) is 102 Å². The lowest BCUT2D eigenvalue weighted by Gasteiger charge is -2.34. The number of carbonyl (C=O) groups excluding carboxylic acids is 2. The number of hydrogen-bond acceptors (Lipinski definition) is 4. The van der Waals surface area contributed by atoms with Crippen molar-refractivity contribution in [2.75, 3.05) is 10.8 Å². The SMILES string of the molecule is CC[C@H](C)NC(=O)[C@H](Cc1ccccc1)N(Cc1ccc(F)cc1)C(=O)CN(c1ccc(Cl)c(Cl)c1)S(=O)(=O)c1ccc(C)cc1. The van der Waals surface area contributed by atoms with Crippen LogP contribution in [0.4, 0.5) is 10.1 Å². The van der Waals surface area contributed by atoms with E-state index in [1.54, 1.807) is 12.1 Å². The quantitative estimate of drug-likeness (QED) is 0.162. The van der Waals surface area contributed by atoms with E-state index in [2.05, 4.69) is 5.32 Å². The van der Waals surface area contributed by atoms with Crippen LogP contribution in [-0.2, 0) is 32.6 Å². The first-order valence-corrected chi connectivity index (χ1v) is 17.0. The van der Waals surface area contributed by atoms with Crippen molar-refractivity contribution < 1.29 is 22.4 Å². The fraction of sp³-hybridized carbons (Fsp3) is 0.257. The Balaban J connectivity index is 1.82. The van der Waals surface area contributed by atoms with Crippen molar-refractivity contribution in [3.05, 3.63) is 130 Å². The molecule has 0 spiro atoms. The predicted octanol–water partition coefficient (Wildman–Crippen LogP) is 7.19. The minimum absolute atomic E-state index is 0.0302. The molecule has 2 amide bonds. The van der Waals surface area contributed by atoms with E-state index >= 15 is 0 Å². The van der Waals surface area contributed by atoms with E-state index in [1.165, 1.54) is 59.5 Å². The van der Waals surface area contributed by atoms with Gasteiger partial charge in [0.1, 0.15) is 18.4 Å². The summed E-state index contributed by atoms with van der Waals surface area (Å²) in [5, 5.41) is 3.30. The number of rotatable bonds is 13. The van der Waals surface area contributed by atoms with Crippen LogP contribution < -0.4 is 9.62 Å². The summed E-state index contributed by atoms with van der Waals surface area (Å²) < 4.78 is 43.1. The van der Waals surface area contributed by atoms with Gasteiger partial charge in [-0.3, -0.25) is 13.9 Å². The van der Waals surface area contributed by atoms with Crippen molar-refractivity contribution in [3.8, 4) is 0 Å². The molecular weight excluding hydrogens is 648 g/mol. The maximum absolute atomic E-state index is 14.5. The minimum atomic E-state index is -4.30. The summed E-state index contributed by atoms with van der Waals surface area (Å²) in [6, 6.07) is 24.2. The van der Waals surface area contributed by atoms with E-state index in [4.69, 9.17) is 23.2 Å². The third-order valence-corrected chi connectivity index (χ3v) is 10.1. The number of nitrogens with one attached hydrogen (secondary N) is 1. The molecular formula is C35H36Cl2FN3O4S. The molecule has 2 atom stereocenters. The van der Waals surface area contributed by atoms with Crippen LogP contribution in [0.1, 0.15) is 37.0 Å². The van der Waals surface area contributed by atoms with Crippen LogP contribution in [0.3, 0.4) is 0 Å². The van der Waals surface area contributed by atoms with Gasteiger partial charge >= 0.3 is 0 Å². The highest BCUT2D eigenvalue weighted by molar-refractivity contribution is 7.92. The molecule has 0 aliphatic heterocycles. The summed E-state index contributed by atoms with van der Waals surface area (Å²) in [6.45, 7) is 4.90. The number of hydrogen-bond donors (Lipinski definition) is 1. The predicted molar refractivity (Wildman–Crippen MR) is 181 cm³/mol. The molecule has 4 aromatic carbocycles. The van der Waals surface area contributed by atoms with Gasteiger partial charge in [0.25, 0.3) is 10.0 Å². The number of halogens is 3. The third kappa shape index (κ3) is 8.87. The molecule has 7 nitrogen and oxygen atoms in total. The molecule has 0 heterocycles. The Hall–Kier alpha value is -3.92. The second kappa shape index (κ2) is 15.6. The average Bonchev–Trinajstić information content (AvgIpc) is 3.04. The number of amides is 2. The molecule has 0 radical (unpaired) electrons. The van der Waals surface area contributed by atoms with E-state index < -0.39 is 40.2 Å². The van der Waals surface area contributed by atoms with Gasteiger partial charge in [-0.05, 0) is 73.9 Å². The van der Waals surface area contributed by atoms with Crippen molar-refractivity contribution in [3.63, 3.8) is 0 Å². The fourth-order valence-corrected chi connectivity index (χ4v) is 6.49. The zero-order chi connectivity index (χ0) is 33.4. The molecule has 4 aromatic rings. The zero-order valence-corrected chi connectivity index (χ0v) is 28.1. The summed E-state index contributed by atoms with van der Waals surface area (Å²) >= 11 is 12.5. The van der Waals surface area contributed by atoms with Crippen molar-refractivity contribution in [2.45, 2.75) is 57.1 Å². The smallest absolute Gasteiger partial charge is 0.264 e. The molecule has 242 valence electrons. The fourth-order valence-electron chi connectivity index (χ4n) is 4.79. The number of nitrogens with zero attached hydrogens (tertiary/aromatic N) is 2. The molecule has 0 saturated carbocycles. The first kappa shape index (κ1) is 34.9. The summed E-state index contributed by atoms with van der Waals surface area (Å²) in [5.41, 5.74) is 2.34. The molecule has 0 bridgehead atoms. The Bertz CT molecular complexity index is 1760. The highest BCUT2D eigenvalue weighted by Gasteiger charge is 2.35. The molecule has 0 saturated heterocycles. The van der Waals surface area contributed by atoms with Crippen molar-refractivity contribution >= 4 is 50.7 Å². The van der Waals surface area contributed by atoms with Gasteiger partial charge in [0, 0.05) is 19.0 Å². The van der Waals surface area contributed by atoms with Gasteiger partial charge < -0.3 is 10.2 Å². The molecule has 4 rings (SSSR count). The van der Waals surface area contributed by atoms with Crippen molar-refractivity contribution in [1.29, 1.82) is 0 Å². The van der Waals surface area contributed by atoms with Crippen LogP contribution >= 0.6 is 23.2 Å². The summed E-state index contributed by atoms with van der Waals surface area (Å²) in [7, 11) is -4.30. The van der Waals surface area contributed by atoms with E-state index in [0.717, 1.165) is 15.4 Å². The van der Waals surface area contributed by atoms with Crippen LogP contribution in [0.25, 0.3) is 0 Å². The molecule has 0 fully saturated rings. The Morgan fingerprint density at radius 1 is 0.870 bits per heavy atom. The number of aryl methyl sites for hydroxylation is 1. The zero-order valence-electron chi connectivity index (χ0n) is 25.8. The lowest BCUT2D eigenvalue weighted by atomic mass is 10.0. The van der Waals surface area contributed by atoms with Gasteiger partial charge in [-0.25, -0.2) is 12.8 Å². The monoisotopic (exact) mass is 683 g/mol. The summed E-state index contributed by atoms with van der Waals surface area (Å²) in [4.78, 5) is 29.7. The average molecular weight is 685 g/mol. The van der Waals surface area contributed by atoms with E-state index in [1.807, 2.05) is 51.1 Å². The van der Waals surface area contributed by atoms with Gasteiger partial charge in [0.05, 0.1) is 20.6 Å². The molecule has 46 heavy (non-hydrogen) atoms. The molecule has 0 aromatic heterocycles. The Morgan fingerprint density at radius 3 is 2.13 bits per heavy atom. The van der Waals surface area contributed by atoms with Gasteiger partial charge in [-0.1, -0.05) is 90.3 Å². The van der Waals surface area contributed by atoms with Crippen molar-refractivity contribution in [1.82, 2.24) is 10.2 Å². The third-order valence-electron chi connectivity index (χ3n) is 7.62. The number of anilines is 1. The lowest BCUT2D eigenvalue weighted by Crippen LogP contribution is -2.54. The van der Waals surface area contributed by atoms with E-state index in [0.29, 0.717) is 12.0 Å². The number of sulfonamides is 1. The van der Waals surface area contributed by atoms with Crippen molar-refractivity contribution in [2.24, 2.45) is 0 Å². The standard InChI is InChI=1S/C35H36Cl2FN3O4S/c1-4-25(3)39-35(43)33(20-26-8-6-5-7-9-26)40(22-27-12-14-28(38)15-13-27)34(42)23-41(29-16-19-31(36)32(37)21-29)46(44,45)30-17-10-24(2)11-18-30/h5-19,21,25,33H,4,20,22-23H2,1-3H3,(H,39,43)/t25-,33-/m0/s1. The van der Waals surface area contributed by atoms with Gasteiger partial charge in [0.15, 0.2) is 0 Å². The maximum Gasteiger partial charge on any atom is 0.264 e. The van der Waals surface area contributed by atoms with Gasteiger partial charge in [-0.2, -0.15) is 0 Å². The molecule has 1 N–H and O–H groups in total. The molecule has 0 unspecified atom stereocenters. The van der Waals surface area contributed by atoms with E-state index in [-0.39, 0.29) is 39.6 Å². The Kier molecular flexibility index (Phi) is 11.8. The molecule has 11 heteroatoms. The minimum Gasteiger partial charge on any atom is -0.352 e. The van der Waals surface area contributed by atoms with Crippen LogP contribution in [0.2, 0.25) is 10.0 Å². The normalized spacial score (nSPS) is 12.7. The van der Waals surface area contributed by atoms with Crippen LogP contribution in [0, 0.1) is 12.7 Å². The maximum atomic E-state index is 14.5. The second-order valence-electron chi connectivity index (χ2n) is 11.1. The Morgan fingerprint density at radius 2 is 1.52 bits per heavy atom. The first-order chi connectivity index (χ1) is 21.9. The van der Waals surface area contributed by atoms with E-state index in [9.17, 15) is 22.4 Å². The highest BCUT2D eigenvalue weighted by Crippen LogP contribution is 2.31. The lowest BCUT2D eigenvalue weighted by molar-refractivity contribution is -0.140. The number of carbonyl (C=O) groups is 2. The van der Waals surface area contributed by atoms with Gasteiger partial charge in [0.2, 0.25) is 11.8 Å². The largest absolute Gasteiger partial charge is 0.352 e. The highest BCUT2D eigenvalue weighted by atomic mass is 35.5. The molecule has 0 aliphatic rings. The second-order valence-corrected chi connectivity index (χ2v) is 13.8. The van der Waals surface area contributed by atoms with Crippen LogP contribution in [-0.4, -0.2) is 43.8 Å². The first-order valence-electron chi connectivity index (χ1n) is 14.8. The summed E-state index contributed by atoms with van der Waals surface area (Å²) in [5.74, 6) is -1.49.